The van der Waals surface area contributed by atoms with Gasteiger partial charge >= 0.3 is 0 Å². The Hall–Kier alpha value is -0.860. The van der Waals surface area contributed by atoms with Gasteiger partial charge in [0.25, 0.3) is 0 Å². The van der Waals surface area contributed by atoms with E-state index in [1.165, 1.54) is 25.7 Å². The van der Waals surface area contributed by atoms with Gasteiger partial charge in [0, 0.05) is 6.54 Å². The third kappa shape index (κ3) is 1.60. The summed E-state index contributed by atoms with van der Waals surface area (Å²) in [6.07, 6.45) is 5.68. The predicted molar refractivity (Wildman–Crippen MR) is 51.4 cm³/mol. The second kappa shape index (κ2) is 3.48. The number of carbonyl (C=O) groups is 1. The zero-order chi connectivity index (χ0) is 9.26. The van der Waals surface area contributed by atoms with Crippen LogP contribution in [0.3, 0.4) is 0 Å². The van der Waals surface area contributed by atoms with Crippen LogP contribution in [-0.4, -0.2) is 23.2 Å². The summed E-state index contributed by atoms with van der Waals surface area (Å²) in [5, 5.41) is 5.97. The Bertz CT molecular complexity index is 241. The van der Waals surface area contributed by atoms with Crippen LogP contribution >= 0.6 is 0 Å². The lowest BCUT2D eigenvalue weighted by molar-refractivity contribution is -0.128. The zero-order valence-electron chi connectivity index (χ0n) is 8.12. The smallest absolute Gasteiger partial charge is 0.248 e. The topological polar surface area (TPSA) is 32.7 Å². The van der Waals surface area contributed by atoms with Crippen molar-refractivity contribution < 1.29 is 4.79 Å². The number of carbonyl (C=O) groups excluding carboxylic acids is 1. The molecule has 1 fully saturated rings. The normalized spacial score (nSPS) is 24.2. The first-order chi connectivity index (χ1) is 6.31. The fourth-order valence-electron chi connectivity index (χ4n) is 2.22. The van der Waals surface area contributed by atoms with Gasteiger partial charge < -0.3 is 0 Å². The van der Waals surface area contributed by atoms with Crippen LogP contribution in [0.25, 0.3) is 0 Å². The molecule has 0 aromatic heterocycles. The Morgan fingerprint density at radius 1 is 1.46 bits per heavy atom. The molecule has 0 unspecified atom stereocenters. The number of hydrazone groups is 1. The predicted octanol–water partition coefficient (Wildman–Crippen LogP) is 1.78. The summed E-state index contributed by atoms with van der Waals surface area (Å²) in [7, 11) is 0. The van der Waals surface area contributed by atoms with Crippen molar-refractivity contribution >= 4 is 11.6 Å². The molecule has 0 aromatic carbocycles. The summed E-state index contributed by atoms with van der Waals surface area (Å²) in [6, 6.07) is 0. The summed E-state index contributed by atoms with van der Waals surface area (Å²) >= 11 is 0. The minimum absolute atomic E-state index is 0.185. The molecule has 3 heteroatoms. The number of hydrogen-bond acceptors (Lipinski definition) is 2. The highest BCUT2D eigenvalue weighted by Gasteiger charge is 2.29. The van der Waals surface area contributed by atoms with Crippen LogP contribution in [0.1, 0.15) is 39.0 Å². The van der Waals surface area contributed by atoms with Gasteiger partial charge in [0.1, 0.15) is 0 Å². The molecule has 0 atom stereocenters. The van der Waals surface area contributed by atoms with Crippen LogP contribution in [0.4, 0.5) is 0 Å². The van der Waals surface area contributed by atoms with E-state index < -0.39 is 0 Å². The van der Waals surface area contributed by atoms with E-state index in [-0.39, 0.29) is 5.91 Å². The van der Waals surface area contributed by atoms with Crippen molar-refractivity contribution in [2.24, 2.45) is 11.0 Å². The molecule has 1 heterocycles. The molecule has 72 valence electrons. The van der Waals surface area contributed by atoms with E-state index in [4.69, 9.17) is 0 Å². The third-order valence-electron chi connectivity index (χ3n) is 3.00. The molecule has 1 amide bonds. The van der Waals surface area contributed by atoms with Gasteiger partial charge in [-0.3, -0.25) is 4.79 Å². The van der Waals surface area contributed by atoms with E-state index >= 15 is 0 Å². The van der Waals surface area contributed by atoms with Crippen molar-refractivity contribution in [3.05, 3.63) is 0 Å². The fraction of sp³-hybridized carbons (Fsp3) is 0.800. The molecule has 3 nitrogen and oxygen atoms in total. The lowest BCUT2D eigenvalue weighted by Gasteiger charge is -2.07. The lowest BCUT2D eigenvalue weighted by atomic mass is 10.00. The average molecular weight is 180 g/mol. The Morgan fingerprint density at radius 3 is 2.69 bits per heavy atom. The molecule has 13 heavy (non-hydrogen) atoms. The molecule has 0 aromatic rings. The van der Waals surface area contributed by atoms with Crippen LogP contribution < -0.4 is 0 Å². The average Bonchev–Trinajstić information content (AvgIpc) is 2.71. The van der Waals surface area contributed by atoms with Gasteiger partial charge in [0.2, 0.25) is 5.91 Å². The highest BCUT2D eigenvalue weighted by Crippen LogP contribution is 2.29. The number of rotatable bonds is 2. The quantitative estimate of drug-likeness (QED) is 0.637. The molecule has 1 saturated carbocycles. The van der Waals surface area contributed by atoms with Gasteiger partial charge in [-0.15, -0.1) is 0 Å². The summed E-state index contributed by atoms with van der Waals surface area (Å²) in [4.78, 5) is 11.4. The van der Waals surface area contributed by atoms with E-state index in [1.807, 2.05) is 6.92 Å². The molecule has 0 bridgehead atoms. The zero-order valence-corrected chi connectivity index (χ0v) is 8.12. The molecular weight excluding hydrogens is 164 g/mol. The standard InChI is InChI=1S/C10H16N2O/c1-2-12-10(13)7-9(11-12)8-5-3-4-6-8/h8H,2-7H2,1H3. The Balaban J connectivity index is 2.04. The van der Waals surface area contributed by atoms with Gasteiger partial charge in [-0.25, -0.2) is 5.01 Å². The van der Waals surface area contributed by atoms with E-state index in [9.17, 15) is 4.79 Å². The Kier molecular flexibility index (Phi) is 2.34. The van der Waals surface area contributed by atoms with Crippen molar-refractivity contribution in [2.75, 3.05) is 6.54 Å². The summed E-state index contributed by atoms with van der Waals surface area (Å²) in [5.74, 6) is 0.796. The van der Waals surface area contributed by atoms with Crippen molar-refractivity contribution in [3.63, 3.8) is 0 Å². The molecule has 0 saturated heterocycles. The largest absolute Gasteiger partial charge is 0.273 e. The summed E-state index contributed by atoms with van der Waals surface area (Å²) < 4.78 is 0. The second-order valence-corrected chi connectivity index (χ2v) is 3.86. The van der Waals surface area contributed by atoms with Crippen LogP contribution in [0.2, 0.25) is 0 Å². The maximum absolute atomic E-state index is 11.4. The van der Waals surface area contributed by atoms with E-state index in [1.54, 1.807) is 5.01 Å². The van der Waals surface area contributed by atoms with E-state index in [0.29, 0.717) is 12.3 Å². The first-order valence-corrected chi connectivity index (χ1v) is 5.19. The molecule has 2 aliphatic rings. The van der Waals surface area contributed by atoms with Crippen LogP contribution in [0.5, 0.6) is 0 Å². The molecule has 1 aliphatic carbocycles. The Morgan fingerprint density at radius 2 is 2.15 bits per heavy atom. The number of hydrogen-bond donors (Lipinski definition) is 0. The number of amides is 1. The minimum Gasteiger partial charge on any atom is -0.273 e. The minimum atomic E-state index is 0.185. The van der Waals surface area contributed by atoms with Gasteiger partial charge in [-0.2, -0.15) is 5.10 Å². The van der Waals surface area contributed by atoms with Gasteiger partial charge in [-0.1, -0.05) is 12.8 Å². The SMILES string of the molecule is CCN1N=C(C2CCCC2)CC1=O. The van der Waals surface area contributed by atoms with Crippen molar-refractivity contribution in [1.82, 2.24) is 5.01 Å². The van der Waals surface area contributed by atoms with Gasteiger partial charge in [0.15, 0.2) is 0 Å². The first-order valence-electron chi connectivity index (χ1n) is 5.19. The van der Waals surface area contributed by atoms with Crippen LogP contribution in [-0.2, 0) is 4.79 Å². The Labute approximate surface area is 78.8 Å². The van der Waals surface area contributed by atoms with E-state index in [0.717, 1.165) is 12.3 Å². The molecule has 0 N–H and O–H groups in total. The second-order valence-electron chi connectivity index (χ2n) is 3.86. The van der Waals surface area contributed by atoms with Crippen LogP contribution in [0.15, 0.2) is 5.10 Å². The summed E-state index contributed by atoms with van der Waals surface area (Å²) in [6.45, 7) is 2.69. The maximum Gasteiger partial charge on any atom is 0.248 e. The fourth-order valence-corrected chi connectivity index (χ4v) is 2.22. The van der Waals surface area contributed by atoms with E-state index in [2.05, 4.69) is 5.10 Å². The number of nitrogens with zero attached hydrogens (tertiary/aromatic N) is 2. The highest BCUT2D eigenvalue weighted by molar-refractivity contribution is 6.06. The molecule has 2 rings (SSSR count). The van der Waals surface area contributed by atoms with Crippen molar-refractivity contribution in [2.45, 2.75) is 39.0 Å². The first kappa shape index (κ1) is 8.73. The molecule has 0 spiro atoms. The lowest BCUT2D eigenvalue weighted by Crippen LogP contribution is -2.19. The maximum atomic E-state index is 11.4. The third-order valence-corrected chi connectivity index (χ3v) is 3.00. The van der Waals surface area contributed by atoms with Gasteiger partial charge in [-0.05, 0) is 25.7 Å². The van der Waals surface area contributed by atoms with Crippen molar-refractivity contribution in [1.29, 1.82) is 0 Å². The van der Waals surface area contributed by atoms with Crippen molar-refractivity contribution in [3.8, 4) is 0 Å². The monoisotopic (exact) mass is 180 g/mol. The highest BCUT2D eigenvalue weighted by atomic mass is 16.2. The molecule has 0 radical (unpaired) electrons. The van der Waals surface area contributed by atoms with Gasteiger partial charge in [0.05, 0.1) is 12.1 Å². The van der Waals surface area contributed by atoms with Crippen LogP contribution in [0, 0.1) is 5.92 Å². The summed E-state index contributed by atoms with van der Waals surface area (Å²) in [5.41, 5.74) is 1.14. The molecular formula is C10H16N2O. The molecule has 1 aliphatic heterocycles.